The Morgan fingerprint density at radius 3 is 1.73 bits per heavy atom. The van der Waals surface area contributed by atoms with E-state index in [1.807, 2.05) is 0 Å². The maximum absolute atomic E-state index is 10.5. The second kappa shape index (κ2) is 13.6. The van der Waals surface area contributed by atoms with Gasteiger partial charge in [0.05, 0.1) is 0 Å². The van der Waals surface area contributed by atoms with E-state index in [9.17, 15) is 19.2 Å². The lowest BCUT2D eigenvalue weighted by molar-refractivity contribution is -0.140. The molecule has 22 heavy (non-hydrogen) atoms. The summed E-state index contributed by atoms with van der Waals surface area (Å²) < 4.78 is 0. The summed E-state index contributed by atoms with van der Waals surface area (Å²) in [7, 11) is 0. The molecule has 0 aromatic rings. The topological polar surface area (TPSA) is 193 Å². The van der Waals surface area contributed by atoms with Crippen molar-refractivity contribution in [1.29, 1.82) is 0 Å². The first kappa shape index (κ1) is 21.9. The van der Waals surface area contributed by atoms with Gasteiger partial charge in [0.25, 0.3) is 0 Å². The number of nitrogens with two attached hydrogens (primary N) is 2. The van der Waals surface area contributed by atoms with E-state index >= 15 is 0 Å². The molecular weight excluding hydrogens is 298 g/mol. The molecule has 10 nitrogen and oxygen atoms in total. The number of carbonyl (C=O) groups excluding carboxylic acids is 1. The van der Waals surface area contributed by atoms with Gasteiger partial charge in [0.15, 0.2) is 0 Å². The van der Waals surface area contributed by atoms with Crippen molar-refractivity contribution >= 4 is 23.9 Å². The number of hydrogen-bond donors (Lipinski definition) is 6. The summed E-state index contributed by atoms with van der Waals surface area (Å²) in [6.07, 6.45) is 1.84. The summed E-state index contributed by atoms with van der Waals surface area (Å²) in [5.74, 6) is -2.97. The molecule has 0 bridgehead atoms. The molecule has 0 aromatic carbocycles. The number of carbonyl (C=O) groups is 4. The molecule has 0 rings (SSSR count). The lowest BCUT2D eigenvalue weighted by Crippen LogP contribution is -2.43. The Morgan fingerprint density at radius 1 is 0.909 bits per heavy atom. The van der Waals surface area contributed by atoms with Crippen LogP contribution in [0.25, 0.3) is 0 Å². The number of unbranched alkanes of at least 4 members (excludes halogenated alkanes) is 1. The minimum absolute atomic E-state index is 0.0632. The zero-order chi connectivity index (χ0) is 17.5. The highest BCUT2D eigenvalue weighted by Gasteiger charge is 2.17. The van der Waals surface area contributed by atoms with Crippen LogP contribution in [0.3, 0.4) is 0 Å². The predicted molar refractivity (Wildman–Crippen MR) is 76.2 cm³/mol. The van der Waals surface area contributed by atoms with Crippen LogP contribution in [0.15, 0.2) is 0 Å². The molecule has 2 amide bonds. The molecule has 128 valence electrons. The Hall–Kier alpha value is -2.36. The molecule has 0 aliphatic heterocycles. The fourth-order valence-corrected chi connectivity index (χ4v) is 1.31. The first-order valence-electron chi connectivity index (χ1n) is 6.63. The van der Waals surface area contributed by atoms with Gasteiger partial charge in [-0.2, -0.15) is 0 Å². The third-order valence-electron chi connectivity index (χ3n) is 2.34. The standard InChI is InChI=1S/C7H15N3O3.C5H8O4/c8-4-2-1-3-5(6(11)12)10-7(9)13;6-4(7)2-1-3-5(8)9/h5H,1-4,8H2,(H,11,12)(H3,9,10,13);1-3H2,(H,6,7)(H,8,9). The van der Waals surface area contributed by atoms with Crippen molar-refractivity contribution in [2.45, 2.75) is 44.6 Å². The molecule has 0 spiro atoms. The summed E-state index contributed by atoms with van der Waals surface area (Å²) >= 11 is 0. The summed E-state index contributed by atoms with van der Waals surface area (Å²) in [4.78, 5) is 40.5. The van der Waals surface area contributed by atoms with Gasteiger partial charge < -0.3 is 32.1 Å². The molecule has 0 fully saturated rings. The molecular formula is C12H23N3O7. The molecule has 0 heterocycles. The van der Waals surface area contributed by atoms with Gasteiger partial charge >= 0.3 is 23.9 Å². The average Bonchev–Trinajstić information content (AvgIpc) is 2.37. The summed E-state index contributed by atoms with van der Waals surface area (Å²) in [6.45, 7) is 0.517. The number of rotatable bonds is 10. The number of nitrogens with one attached hydrogen (secondary N) is 1. The van der Waals surface area contributed by atoms with Crippen molar-refractivity contribution in [2.24, 2.45) is 11.5 Å². The van der Waals surface area contributed by atoms with E-state index in [0.29, 0.717) is 19.4 Å². The van der Waals surface area contributed by atoms with E-state index in [0.717, 1.165) is 6.42 Å². The third-order valence-corrected chi connectivity index (χ3v) is 2.34. The normalized spacial score (nSPS) is 10.8. The number of urea groups is 1. The van der Waals surface area contributed by atoms with E-state index in [-0.39, 0.29) is 19.3 Å². The van der Waals surface area contributed by atoms with Crippen molar-refractivity contribution in [2.75, 3.05) is 6.54 Å². The van der Waals surface area contributed by atoms with Crippen LogP contribution in [0.1, 0.15) is 38.5 Å². The number of amides is 2. The zero-order valence-electron chi connectivity index (χ0n) is 12.2. The van der Waals surface area contributed by atoms with E-state index in [1.54, 1.807) is 0 Å². The molecule has 0 saturated heterocycles. The minimum atomic E-state index is -1.07. The van der Waals surface area contributed by atoms with Crippen LogP contribution in [0.5, 0.6) is 0 Å². The van der Waals surface area contributed by atoms with Crippen molar-refractivity contribution < 1.29 is 34.5 Å². The largest absolute Gasteiger partial charge is 0.481 e. The SMILES string of the molecule is NCCCCC(NC(N)=O)C(=O)O.O=C(O)CCCC(=O)O. The molecule has 1 atom stereocenters. The number of aliphatic carboxylic acids is 3. The van der Waals surface area contributed by atoms with Crippen LogP contribution in [0, 0.1) is 0 Å². The molecule has 8 N–H and O–H groups in total. The fraction of sp³-hybridized carbons (Fsp3) is 0.667. The zero-order valence-corrected chi connectivity index (χ0v) is 12.2. The van der Waals surface area contributed by atoms with Crippen LogP contribution < -0.4 is 16.8 Å². The quantitative estimate of drug-likeness (QED) is 0.291. The Balaban J connectivity index is 0. The van der Waals surface area contributed by atoms with Gasteiger partial charge in [-0.15, -0.1) is 0 Å². The summed E-state index contributed by atoms with van der Waals surface area (Å²) in [6, 6.07) is -1.72. The number of carboxylic acids is 3. The van der Waals surface area contributed by atoms with Gasteiger partial charge in [0.2, 0.25) is 0 Å². The second-order valence-electron chi connectivity index (χ2n) is 4.32. The van der Waals surface area contributed by atoms with Crippen LogP contribution in [-0.2, 0) is 14.4 Å². The highest BCUT2D eigenvalue weighted by Crippen LogP contribution is 2.00. The Labute approximate surface area is 127 Å². The lowest BCUT2D eigenvalue weighted by Gasteiger charge is -2.11. The monoisotopic (exact) mass is 321 g/mol. The van der Waals surface area contributed by atoms with Crippen LogP contribution >= 0.6 is 0 Å². The van der Waals surface area contributed by atoms with E-state index in [1.165, 1.54) is 0 Å². The highest BCUT2D eigenvalue weighted by molar-refractivity contribution is 5.81. The Morgan fingerprint density at radius 2 is 1.41 bits per heavy atom. The molecule has 0 saturated carbocycles. The van der Waals surface area contributed by atoms with Crippen molar-refractivity contribution in [3.05, 3.63) is 0 Å². The number of hydrogen-bond acceptors (Lipinski definition) is 5. The molecule has 0 aliphatic carbocycles. The second-order valence-corrected chi connectivity index (χ2v) is 4.32. The molecule has 0 aliphatic rings. The van der Waals surface area contributed by atoms with Crippen LogP contribution in [0.4, 0.5) is 4.79 Å². The molecule has 0 aromatic heterocycles. The van der Waals surface area contributed by atoms with Crippen molar-refractivity contribution in [3.8, 4) is 0 Å². The van der Waals surface area contributed by atoms with E-state index < -0.39 is 30.0 Å². The maximum Gasteiger partial charge on any atom is 0.326 e. The first-order chi connectivity index (χ1) is 10.2. The van der Waals surface area contributed by atoms with Gasteiger partial charge in [-0.25, -0.2) is 9.59 Å². The molecule has 1 unspecified atom stereocenters. The van der Waals surface area contributed by atoms with Crippen molar-refractivity contribution in [1.82, 2.24) is 5.32 Å². The van der Waals surface area contributed by atoms with Gasteiger partial charge in [0, 0.05) is 12.8 Å². The van der Waals surface area contributed by atoms with Crippen LogP contribution in [-0.4, -0.2) is 51.8 Å². The predicted octanol–water partition coefficient (Wildman–Crippen LogP) is -0.437. The van der Waals surface area contributed by atoms with Crippen LogP contribution in [0.2, 0.25) is 0 Å². The third kappa shape index (κ3) is 17.6. The van der Waals surface area contributed by atoms with Gasteiger partial charge in [-0.3, -0.25) is 9.59 Å². The lowest BCUT2D eigenvalue weighted by atomic mass is 10.1. The van der Waals surface area contributed by atoms with Gasteiger partial charge in [0.1, 0.15) is 6.04 Å². The molecule has 10 heteroatoms. The number of primary amides is 1. The minimum Gasteiger partial charge on any atom is -0.481 e. The van der Waals surface area contributed by atoms with E-state index in [2.05, 4.69) is 5.32 Å². The number of carboxylic acid groups (broad SMARTS) is 3. The Bertz CT molecular complexity index is 360. The Kier molecular flexibility index (Phi) is 13.6. The highest BCUT2D eigenvalue weighted by atomic mass is 16.4. The van der Waals surface area contributed by atoms with Gasteiger partial charge in [-0.05, 0) is 32.2 Å². The summed E-state index contributed by atoms with van der Waals surface area (Å²) in [5.41, 5.74) is 10.0. The smallest absolute Gasteiger partial charge is 0.326 e. The average molecular weight is 321 g/mol. The fourth-order valence-electron chi connectivity index (χ4n) is 1.31. The van der Waals surface area contributed by atoms with Crippen molar-refractivity contribution in [3.63, 3.8) is 0 Å². The molecule has 0 radical (unpaired) electrons. The van der Waals surface area contributed by atoms with Gasteiger partial charge in [-0.1, -0.05) is 0 Å². The maximum atomic E-state index is 10.5. The summed E-state index contributed by atoms with van der Waals surface area (Å²) in [5, 5.41) is 26.8. The first-order valence-corrected chi connectivity index (χ1v) is 6.63. The van der Waals surface area contributed by atoms with E-state index in [4.69, 9.17) is 26.8 Å².